The number of hydrogen-bond donors (Lipinski definition) is 0. The van der Waals surface area contributed by atoms with Crippen molar-refractivity contribution in [1.82, 2.24) is 0 Å². The molecule has 10 rings (SSSR count). The molecule has 3 aliphatic rings. The number of benzene rings is 5. The first-order chi connectivity index (χ1) is 27.9. The quantitative estimate of drug-likeness (QED) is 0.170. The molecule has 0 amide bonds. The van der Waals surface area contributed by atoms with Crippen LogP contribution in [0.25, 0.3) is 50.1 Å². The fraction of sp³-hybridized carbons (Fsp3) is 0.241. The molecule has 2 aromatic heterocycles. The van der Waals surface area contributed by atoms with Crippen molar-refractivity contribution in [3.63, 3.8) is 0 Å². The van der Waals surface area contributed by atoms with Gasteiger partial charge < -0.3 is 8.83 Å². The van der Waals surface area contributed by atoms with Crippen molar-refractivity contribution in [2.45, 2.75) is 71.3 Å². The van der Waals surface area contributed by atoms with Gasteiger partial charge in [0.1, 0.15) is 22.5 Å². The predicted molar refractivity (Wildman–Crippen MR) is 238 cm³/mol. The number of para-hydroxylation sites is 1. The Morgan fingerprint density at radius 3 is 2.26 bits per heavy atom. The van der Waals surface area contributed by atoms with Gasteiger partial charge in [0.25, 0.3) is 0 Å². The van der Waals surface area contributed by atoms with Gasteiger partial charge in [-0.15, -0.1) is 0 Å². The van der Waals surface area contributed by atoms with Crippen molar-refractivity contribution in [3.05, 3.63) is 184 Å². The lowest BCUT2D eigenvalue weighted by Gasteiger charge is -2.36. The van der Waals surface area contributed by atoms with Crippen LogP contribution in [0.2, 0.25) is 0 Å². The number of rotatable bonds is 6. The molecule has 0 fully saturated rings. The van der Waals surface area contributed by atoms with E-state index in [1.165, 1.54) is 66.3 Å². The van der Waals surface area contributed by atoms with Gasteiger partial charge in [-0.05, 0) is 108 Å². The van der Waals surface area contributed by atoms with Crippen LogP contribution in [0.15, 0.2) is 170 Å². The Morgan fingerprint density at radius 1 is 0.737 bits per heavy atom. The smallest absolute Gasteiger partial charge is 0.135 e. The average molecular weight is 744 g/mol. The Bertz CT molecular complexity index is 2820. The fourth-order valence-electron chi connectivity index (χ4n) is 10.1. The minimum atomic E-state index is -0.492. The van der Waals surface area contributed by atoms with E-state index in [0.717, 1.165) is 60.3 Å². The van der Waals surface area contributed by atoms with E-state index >= 15 is 0 Å². The third kappa shape index (κ3) is 5.98. The van der Waals surface area contributed by atoms with Crippen molar-refractivity contribution in [1.29, 1.82) is 0 Å². The van der Waals surface area contributed by atoms with E-state index in [1.807, 2.05) is 0 Å². The predicted octanol–water partition coefficient (Wildman–Crippen LogP) is 14.9. The van der Waals surface area contributed by atoms with Crippen LogP contribution in [0.5, 0.6) is 0 Å². The van der Waals surface area contributed by atoms with Crippen LogP contribution >= 0.6 is 0 Å². The van der Waals surface area contributed by atoms with Crippen LogP contribution < -0.4 is 0 Å². The van der Waals surface area contributed by atoms with Gasteiger partial charge in [-0.2, -0.15) is 0 Å². The molecule has 7 aromatic rings. The van der Waals surface area contributed by atoms with E-state index in [4.69, 9.17) is 13.8 Å². The van der Waals surface area contributed by atoms with Crippen LogP contribution in [0.1, 0.15) is 93.7 Å². The van der Waals surface area contributed by atoms with Gasteiger partial charge >= 0.3 is 0 Å². The number of hydrogen-bond acceptors (Lipinski definition) is 3. The normalized spacial score (nSPS) is 23.7. The third-order valence-corrected chi connectivity index (χ3v) is 13.3. The maximum Gasteiger partial charge on any atom is 0.135 e. The Balaban J connectivity index is 1.19. The van der Waals surface area contributed by atoms with Crippen LogP contribution in [-0.4, -0.2) is 5.71 Å². The van der Waals surface area contributed by atoms with Crippen LogP contribution in [0.4, 0.5) is 0 Å². The minimum Gasteiger partial charge on any atom is -0.456 e. The van der Waals surface area contributed by atoms with E-state index in [0.29, 0.717) is 5.92 Å². The summed E-state index contributed by atoms with van der Waals surface area (Å²) in [5.41, 5.74) is 15.3. The summed E-state index contributed by atoms with van der Waals surface area (Å²) in [4.78, 5) is 6.08. The first-order valence-corrected chi connectivity index (χ1v) is 20.9. The molecule has 0 radical (unpaired) electrons. The maximum atomic E-state index is 6.83. The van der Waals surface area contributed by atoms with Gasteiger partial charge in [-0.25, -0.2) is 0 Å². The molecule has 3 heterocycles. The molecule has 0 saturated heterocycles. The van der Waals surface area contributed by atoms with Gasteiger partial charge in [0.15, 0.2) is 0 Å². The van der Waals surface area contributed by atoms with Gasteiger partial charge in [0, 0.05) is 39.3 Å². The topological polar surface area (TPSA) is 38.6 Å². The Kier molecular flexibility index (Phi) is 8.85. The zero-order chi connectivity index (χ0) is 38.7. The van der Waals surface area contributed by atoms with Crippen LogP contribution in [0.3, 0.4) is 0 Å². The molecule has 4 atom stereocenters. The maximum absolute atomic E-state index is 6.83. The van der Waals surface area contributed by atoms with E-state index in [2.05, 4.69) is 173 Å². The summed E-state index contributed by atoms with van der Waals surface area (Å²) < 4.78 is 13.3. The largest absolute Gasteiger partial charge is 0.456 e. The number of allylic oxidation sites excluding steroid dienone is 7. The molecule has 3 nitrogen and oxygen atoms in total. The monoisotopic (exact) mass is 743 g/mol. The lowest BCUT2D eigenvalue weighted by molar-refractivity contribution is 0.395. The van der Waals surface area contributed by atoms with E-state index in [1.54, 1.807) is 0 Å². The van der Waals surface area contributed by atoms with Crippen molar-refractivity contribution in [2.75, 3.05) is 0 Å². The van der Waals surface area contributed by atoms with Crippen LogP contribution in [0, 0.1) is 11.8 Å². The Labute approximate surface area is 335 Å². The highest BCUT2D eigenvalue weighted by Crippen LogP contribution is 2.50. The molecular formula is C54H49NO2. The molecule has 3 heteroatoms. The van der Waals surface area contributed by atoms with Gasteiger partial charge in [-0.1, -0.05) is 148 Å². The summed E-state index contributed by atoms with van der Waals surface area (Å²) in [7, 11) is 0. The second kappa shape index (κ2) is 14.2. The number of furan rings is 2. The zero-order valence-electron chi connectivity index (χ0n) is 33.4. The van der Waals surface area contributed by atoms with E-state index in [-0.39, 0.29) is 11.8 Å². The molecule has 0 saturated carbocycles. The fourth-order valence-corrected chi connectivity index (χ4v) is 10.1. The molecule has 57 heavy (non-hydrogen) atoms. The SMILES string of the molecule is CCC1(c2cccc3oc4cccc(C5CC=Cc6oc7ccccc7c65)c4c23)CC/C(C2=CC=CC(C)C2)=C(\C)C(C)C(c2ccc(-c3ccccc3)cc2)=N1. The van der Waals surface area contributed by atoms with Gasteiger partial charge in [0.05, 0.1) is 5.54 Å². The molecule has 282 valence electrons. The molecule has 4 unspecified atom stereocenters. The molecule has 2 aliphatic carbocycles. The van der Waals surface area contributed by atoms with Crippen LogP contribution in [-0.2, 0) is 5.54 Å². The lowest BCUT2D eigenvalue weighted by Crippen LogP contribution is -2.30. The highest BCUT2D eigenvalue weighted by Gasteiger charge is 2.38. The highest BCUT2D eigenvalue weighted by molar-refractivity contribution is 6.10. The molecule has 5 aromatic carbocycles. The summed E-state index contributed by atoms with van der Waals surface area (Å²) in [5.74, 6) is 1.75. The van der Waals surface area contributed by atoms with Crippen molar-refractivity contribution in [3.8, 4) is 11.1 Å². The highest BCUT2D eigenvalue weighted by atomic mass is 16.3. The molecule has 0 spiro atoms. The minimum absolute atomic E-state index is 0.133. The second-order valence-electron chi connectivity index (χ2n) is 16.5. The van der Waals surface area contributed by atoms with Crippen molar-refractivity contribution < 1.29 is 8.83 Å². The Morgan fingerprint density at radius 2 is 1.46 bits per heavy atom. The average Bonchev–Trinajstić information content (AvgIpc) is 3.84. The standard InChI is InChI=1S/C54H49NO2/c1-5-54(32-31-41(40-18-11-15-34(2)33-40)35(3)36(4)53(55-54)39-29-27-38(28-30-39)37-16-7-6-8-17-37)45-22-14-26-49-52(45)51-43(21-13-25-48(51)57-49)42-20-12-24-47-50(42)44-19-9-10-23-46(44)56-47/h6-19,21-30,34,36,42H,5,20,31-33H2,1-4H3/b41-35-,55-53?. The van der Waals surface area contributed by atoms with Crippen molar-refractivity contribution in [2.24, 2.45) is 16.8 Å². The molecule has 0 bridgehead atoms. The molecular weight excluding hydrogens is 695 g/mol. The van der Waals surface area contributed by atoms with Gasteiger partial charge in [-0.3, -0.25) is 4.99 Å². The number of aliphatic imine (C=N–C) groups is 1. The molecule has 0 N–H and O–H groups in total. The van der Waals surface area contributed by atoms with E-state index < -0.39 is 5.54 Å². The summed E-state index contributed by atoms with van der Waals surface area (Å²) in [6, 6.07) is 41.6. The summed E-state index contributed by atoms with van der Waals surface area (Å²) in [6.45, 7) is 9.41. The lowest BCUT2D eigenvalue weighted by atomic mass is 9.74. The molecule has 1 aliphatic heterocycles. The second-order valence-corrected chi connectivity index (χ2v) is 16.5. The zero-order valence-corrected chi connectivity index (χ0v) is 33.4. The first-order valence-electron chi connectivity index (χ1n) is 20.9. The van der Waals surface area contributed by atoms with Crippen molar-refractivity contribution >= 4 is 44.7 Å². The van der Waals surface area contributed by atoms with Gasteiger partial charge in [0.2, 0.25) is 0 Å². The number of nitrogens with zero attached hydrogens (tertiary/aromatic N) is 1. The van der Waals surface area contributed by atoms with E-state index in [9.17, 15) is 0 Å². The summed E-state index contributed by atoms with van der Waals surface area (Å²) in [5, 5.41) is 3.59. The third-order valence-electron chi connectivity index (χ3n) is 13.3. The first kappa shape index (κ1) is 35.5. The summed E-state index contributed by atoms with van der Waals surface area (Å²) >= 11 is 0. The Hall–Kier alpha value is -5.93. The number of fused-ring (bicyclic) bond motifs is 6. The summed E-state index contributed by atoms with van der Waals surface area (Å²) in [6.07, 6.45) is 16.1.